The van der Waals surface area contributed by atoms with Gasteiger partial charge in [-0.15, -0.1) is 0 Å². The standard InChI is InChI=1S/C12H14N2S/c1-13-12(8-10-5-7-15-9-10)11-4-2-3-6-14-11/h2-7,9,12-13H,8H2,1H3. The third kappa shape index (κ3) is 2.64. The van der Waals surface area contributed by atoms with Crippen molar-refractivity contribution in [3.8, 4) is 0 Å². The molecule has 0 bridgehead atoms. The molecular formula is C12H14N2S. The van der Waals surface area contributed by atoms with Crippen LogP contribution < -0.4 is 5.32 Å². The predicted molar refractivity (Wildman–Crippen MR) is 64.1 cm³/mol. The molecule has 0 spiro atoms. The molecule has 78 valence electrons. The van der Waals surface area contributed by atoms with Crippen molar-refractivity contribution in [2.75, 3.05) is 7.05 Å². The van der Waals surface area contributed by atoms with E-state index in [1.165, 1.54) is 5.56 Å². The highest BCUT2D eigenvalue weighted by molar-refractivity contribution is 7.07. The van der Waals surface area contributed by atoms with Crippen molar-refractivity contribution in [2.45, 2.75) is 12.5 Å². The molecule has 1 N–H and O–H groups in total. The Morgan fingerprint density at radius 1 is 1.40 bits per heavy atom. The van der Waals surface area contributed by atoms with Gasteiger partial charge >= 0.3 is 0 Å². The van der Waals surface area contributed by atoms with Crippen LogP contribution in [0.3, 0.4) is 0 Å². The molecule has 0 aliphatic heterocycles. The van der Waals surface area contributed by atoms with Crippen LogP contribution in [0.5, 0.6) is 0 Å². The molecule has 2 aromatic heterocycles. The van der Waals surface area contributed by atoms with E-state index in [0.29, 0.717) is 6.04 Å². The van der Waals surface area contributed by atoms with Crippen LogP contribution in [-0.2, 0) is 6.42 Å². The second kappa shape index (κ2) is 5.05. The van der Waals surface area contributed by atoms with Gasteiger partial charge in [-0.2, -0.15) is 11.3 Å². The largest absolute Gasteiger partial charge is 0.311 e. The summed E-state index contributed by atoms with van der Waals surface area (Å²) in [4.78, 5) is 4.37. The van der Waals surface area contributed by atoms with E-state index in [0.717, 1.165) is 12.1 Å². The summed E-state index contributed by atoms with van der Waals surface area (Å²) in [7, 11) is 1.98. The Kier molecular flexibility index (Phi) is 3.48. The zero-order valence-corrected chi connectivity index (χ0v) is 9.50. The van der Waals surface area contributed by atoms with E-state index < -0.39 is 0 Å². The molecular weight excluding hydrogens is 204 g/mol. The van der Waals surface area contributed by atoms with Crippen molar-refractivity contribution >= 4 is 11.3 Å². The molecule has 1 unspecified atom stereocenters. The number of pyridine rings is 1. The number of nitrogens with zero attached hydrogens (tertiary/aromatic N) is 1. The minimum atomic E-state index is 0.306. The number of aromatic nitrogens is 1. The number of hydrogen-bond donors (Lipinski definition) is 1. The SMILES string of the molecule is CNC(Cc1ccsc1)c1ccccn1. The van der Waals surface area contributed by atoms with Gasteiger partial charge in [0.1, 0.15) is 0 Å². The smallest absolute Gasteiger partial charge is 0.0576 e. The van der Waals surface area contributed by atoms with Crippen LogP contribution in [0.25, 0.3) is 0 Å². The number of rotatable bonds is 4. The first-order valence-electron chi connectivity index (χ1n) is 4.99. The molecule has 1 atom stereocenters. The first-order chi connectivity index (χ1) is 7.40. The topological polar surface area (TPSA) is 24.9 Å². The van der Waals surface area contributed by atoms with Gasteiger partial charge in [0.25, 0.3) is 0 Å². The van der Waals surface area contributed by atoms with Gasteiger partial charge in [0.2, 0.25) is 0 Å². The summed E-state index contributed by atoms with van der Waals surface area (Å²) >= 11 is 1.74. The summed E-state index contributed by atoms with van der Waals surface area (Å²) < 4.78 is 0. The number of hydrogen-bond acceptors (Lipinski definition) is 3. The number of thiophene rings is 1. The molecule has 0 aliphatic rings. The van der Waals surface area contributed by atoms with E-state index in [1.54, 1.807) is 11.3 Å². The van der Waals surface area contributed by atoms with E-state index >= 15 is 0 Å². The fourth-order valence-corrected chi connectivity index (χ4v) is 2.26. The Morgan fingerprint density at radius 2 is 2.33 bits per heavy atom. The van der Waals surface area contributed by atoms with Gasteiger partial charge in [-0.05, 0) is 48.0 Å². The van der Waals surface area contributed by atoms with Crippen molar-refractivity contribution < 1.29 is 0 Å². The minimum Gasteiger partial charge on any atom is -0.311 e. The maximum Gasteiger partial charge on any atom is 0.0576 e. The molecule has 0 saturated heterocycles. The normalized spacial score (nSPS) is 12.6. The first kappa shape index (κ1) is 10.3. The van der Waals surface area contributed by atoms with Crippen molar-refractivity contribution in [3.63, 3.8) is 0 Å². The molecule has 0 radical (unpaired) electrons. The highest BCUT2D eigenvalue weighted by atomic mass is 32.1. The third-order valence-electron chi connectivity index (χ3n) is 2.41. The van der Waals surface area contributed by atoms with Crippen LogP contribution in [0.1, 0.15) is 17.3 Å². The fourth-order valence-electron chi connectivity index (χ4n) is 1.58. The predicted octanol–water partition coefficient (Wildman–Crippen LogP) is 2.65. The lowest BCUT2D eigenvalue weighted by atomic mass is 10.1. The number of likely N-dealkylation sites (N-methyl/N-ethyl adjacent to an activating group) is 1. The van der Waals surface area contributed by atoms with Crippen molar-refractivity contribution in [2.24, 2.45) is 0 Å². The molecule has 15 heavy (non-hydrogen) atoms. The maximum atomic E-state index is 4.37. The Balaban J connectivity index is 2.12. The monoisotopic (exact) mass is 218 g/mol. The lowest BCUT2D eigenvalue weighted by Crippen LogP contribution is -2.19. The quantitative estimate of drug-likeness (QED) is 0.853. The van der Waals surface area contributed by atoms with Crippen LogP contribution in [0.4, 0.5) is 0 Å². The zero-order valence-electron chi connectivity index (χ0n) is 8.68. The number of nitrogens with one attached hydrogen (secondary N) is 1. The second-order valence-electron chi connectivity index (χ2n) is 3.43. The lowest BCUT2D eigenvalue weighted by Gasteiger charge is -2.14. The molecule has 2 heterocycles. The highest BCUT2D eigenvalue weighted by Gasteiger charge is 2.10. The molecule has 0 fully saturated rings. The van der Waals surface area contributed by atoms with E-state index in [-0.39, 0.29) is 0 Å². The van der Waals surface area contributed by atoms with Crippen molar-refractivity contribution in [3.05, 3.63) is 52.5 Å². The van der Waals surface area contributed by atoms with Gasteiger partial charge < -0.3 is 5.32 Å². The van der Waals surface area contributed by atoms with Gasteiger partial charge in [0.15, 0.2) is 0 Å². The highest BCUT2D eigenvalue weighted by Crippen LogP contribution is 2.17. The Hall–Kier alpha value is -1.19. The van der Waals surface area contributed by atoms with Gasteiger partial charge in [-0.25, -0.2) is 0 Å². The Labute approximate surface area is 94.0 Å². The van der Waals surface area contributed by atoms with Crippen molar-refractivity contribution in [1.29, 1.82) is 0 Å². The van der Waals surface area contributed by atoms with Gasteiger partial charge in [-0.1, -0.05) is 6.07 Å². The molecule has 2 rings (SSSR count). The van der Waals surface area contributed by atoms with Gasteiger partial charge in [0, 0.05) is 6.20 Å². The molecule has 2 aromatic rings. The van der Waals surface area contributed by atoms with Crippen LogP contribution in [0.2, 0.25) is 0 Å². The van der Waals surface area contributed by atoms with E-state index in [9.17, 15) is 0 Å². The third-order valence-corrected chi connectivity index (χ3v) is 3.15. The molecule has 0 saturated carbocycles. The Morgan fingerprint density at radius 3 is 2.93 bits per heavy atom. The molecule has 0 aromatic carbocycles. The fraction of sp³-hybridized carbons (Fsp3) is 0.250. The summed E-state index contributed by atoms with van der Waals surface area (Å²) in [6.45, 7) is 0. The van der Waals surface area contributed by atoms with Crippen LogP contribution in [0.15, 0.2) is 41.2 Å². The molecule has 0 amide bonds. The summed E-state index contributed by atoms with van der Waals surface area (Å²) in [5.41, 5.74) is 2.47. The van der Waals surface area contributed by atoms with Crippen molar-refractivity contribution in [1.82, 2.24) is 10.3 Å². The Bertz CT molecular complexity index is 383. The van der Waals surface area contributed by atoms with E-state index in [2.05, 4.69) is 33.2 Å². The maximum absolute atomic E-state index is 4.37. The van der Waals surface area contributed by atoms with Gasteiger partial charge in [0.05, 0.1) is 11.7 Å². The lowest BCUT2D eigenvalue weighted by molar-refractivity contribution is 0.577. The van der Waals surface area contributed by atoms with Crippen LogP contribution in [0, 0.1) is 0 Å². The summed E-state index contributed by atoms with van der Waals surface area (Å²) in [5, 5.41) is 7.60. The molecule has 0 aliphatic carbocycles. The average Bonchev–Trinajstić information content (AvgIpc) is 2.80. The van der Waals surface area contributed by atoms with Crippen LogP contribution in [-0.4, -0.2) is 12.0 Å². The molecule has 3 heteroatoms. The summed E-state index contributed by atoms with van der Waals surface area (Å²) in [6, 6.07) is 8.51. The minimum absolute atomic E-state index is 0.306. The first-order valence-corrected chi connectivity index (χ1v) is 5.93. The second-order valence-corrected chi connectivity index (χ2v) is 4.21. The van der Waals surface area contributed by atoms with Crippen LogP contribution >= 0.6 is 11.3 Å². The van der Waals surface area contributed by atoms with Gasteiger partial charge in [-0.3, -0.25) is 4.98 Å². The summed E-state index contributed by atoms with van der Waals surface area (Å²) in [5.74, 6) is 0. The van der Waals surface area contributed by atoms with E-state index in [4.69, 9.17) is 0 Å². The van der Waals surface area contributed by atoms with E-state index in [1.807, 2.05) is 25.4 Å². The molecule has 2 nitrogen and oxygen atoms in total. The summed E-state index contributed by atoms with van der Waals surface area (Å²) in [6.07, 6.45) is 2.84. The average molecular weight is 218 g/mol. The zero-order chi connectivity index (χ0) is 10.5.